The summed E-state index contributed by atoms with van der Waals surface area (Å²) in [6, 6.07) is 53.8. The van der Waals surface area contributed by atoms with Crippen molar-refractivity contribution in [3.63, 3.8) is 0 Å². The number of benzene rings is 7. The van der Waals surface area contributed by atoms with Crippen molar-refractivity contribution in [3.8, 4) is 0 Å². The third-order valence-corrected chi connectivity index (χ3v) is 12.8. The standard InChI is InChI=1S/C58H60N2/c1-13-55(5,6)41-25-33-45(34-26-41)59(46-35-27-42(28-36-46)56(7,8)14-2)53-49-21-17-19-23-51(49)54(52-24-20-18-22-50(52)53)60(47-37-29-43(30-38-47)57(9,10)15-3)48-39-31-44(32-40-48)58(11,12)16-4/h13-40H,1-4H2,5-12H3. The first-order chi connectivity index (χ1) is 28.6. The van der Waals surface area contributed by atoms with E-state index in [1.54, 1.807) is 0 Å². The summed E-state index contributed by atoms with van der Waals surface area (Å²) in [4.78, 5) is 4.87. The summed E-state index contributed by atoms with van der Waals surface area (Å²) in [6.45, 7) is 34.2. The maximum Gasteiger partial charge on any atom is 0.0619 e. The molecule has 0 aliphatic heterocycles. The predicted octanol–water partition coefficient (Wildman–Crippen LogP) is 16.8. The van der Waals surface area contributed by atoms with Crippen molar-refractivity contribution in [2.45, 2.75) is 77.0 Å². The van der Waals surface area contributed by atoms with Gasteiger partial charge in [0.2, 0.25) is 0 Å². The van der Waals surface area contributed by atoms with E-state index in [9.17, 15) is 0 Å². The Kier molecular flexibility index (Phi) is 11.1. The lowest BCUT2D eigenvalue weighted by Crippen LogP contribution is -2.17. The fraction of sp³-hybridized carbons (Fsp3) is 0.207. The molecule has 7 rings (SSSR count). The van der Waals surface area contributed by atoms with Crippen LogP contribution in [-0.4, -0.2) is 0 Å². The van der Waals surface area contributed by atoms with Crippen molar-refractivity contribution in [2.24, 2.45) is 0 Å². The Morgan fingerprint density at radius 3 is 0.650 bits per heavy atom. The molecule has 0 N–H and O–H groups in total. The molecule has 0 heterocycles. The zero-order valence-electron chi connectivity index (χ0n) is 36.9. The molecule has 0 fully saturated rings. The minimum atomic E-state index is -0.162. The summed E-state index contributed by atoms with van der Waals surface area (Å²) in [6.07, 6.45) is 8.08. The number of anilines is 6. The molecule has 302 valence electrons. The maximum absolute atomic E-state index is 4.14. The van der Waals surface area contributed by atoms with E-state index in [0.29, 0.717) is 0 Å². The van der Waals surface area contributed by atoms with E-state index in [4.69, 9.17) is 0 Å². The molecule has 0 bridgehead atoms. The van der Waals surface area contributed by atoms with Crippen LogP contribution in [0.2, 0.25) is 0 Å². The Labute approximate surface area is 359 Å². The molecule has 0 aromatic heterocycles. The number of hydrogen-bond donors (Lipinski definition) is 0. The molecule has 7 aromatic rings. The van der Waals surface area contributed by atoms with Gasteiger partial charge in [0, 0.05) is 66.0 Å². The minimum absolute atomic E-state index is 0.162. The lowest BCUT2D eigenvalue weighted by Gasteiger charge is -2.34. The fourth-order valence-electron chi connectivity index (χ4n) is 8.01. The zero-order chi connectivity index (χ0) is 43.0. The van der Waals surface area contributed by atoms with Gasteiger partial charge in [-0.15, -0.1) is 26.3 Å². The van der Waals surface area contributed by atoms with Crippen LogP contribution in [-0.2, 0) is 21.7 Å². The second kappa shape index (κ2) is 16.0. The molecule has 2 nitrogen and oxygen atoms in total. The van der Waals surface area contributed by atoms with Crippen LogP contribution in [0.5, 0.6) is 0 Å². The van der Waals surface area contributed by atoms with Gasteiger partial charge in [-0.3, -0.25) is 0 Å². The highest BCUT2D eigenvalue weighted by Crippen LogP contribution is 2.51. The van der Waals surface area contributed by atoms with Crippen LogP contribution >= 0.6 is 0 Å². The Balaban J connectivity index is 1.55. The van der Waals surface area contributed by atoms with E-state index in [-0.39, 0.29) is 21.7 Å². The molecule has 60 heavy (non-hydrogen) atoms. The molecule has 2 heteroatoms. The summed E-state index contributed by atoms with van der Waals surface area (Å²) in [5, 5.41) is 4.60. The Morgan fingerprint density at radius 2 is 0.483 bits per heavy atom. The van der Waals surface area contributed by atoms with Crippen molar-refractivity contribution in [1.29, 1.82) is 0 Å². The zero-order valence-corrected chi connectivity index (χ0v) is 36.9. The molecule has 0 atom stereocenters. The molecule has 0 aliphatic carbocycles. The van der Waals surface area contributed by atoms with Gasteiger partial charge in [-0.25, -0.2) is 0 Å². The number of allylic oxidation sites excluding steroid dienone is 4. The van der Waals surface area contributed by atoms with E-state index >= 15 is 0 Å². The van der Waals surface area contributed by atoms with Crippen molar-refractivity contribution in [3.05, 3.63) is 218 Å². The molecular weight excluding hydrogens is 725 g/mol. The highest BCUT2D eigenvalue weighted by atomic mass is 15.2. The first kappa shape index (κ1) is 41.8. The van der Waals surface area contributed by atoms with Crippen LogP contribution in [0.25, 0.3) is 21.5 Å². The Bertz CT molecular complexity index is 2310. The van der Waals surface area contributed by atoms with Crippen LogP contribution in [0.1, 0.15) is 77.6 Å². The number of rotatable bonds is 14. The lowest BCUT2D eigenvalue weighted by atomic mass is 9.84. The lowest BCUT2D eigenvalue weighted by molar-refractivity contribution is 0.671. The second-order valence-electron chi connectivity index (χ2n) is 18.3. The molecule has 0 saturated heterocycles. The van der Waals surface area contributed by atoms with Gasteiger partial charge in [-0.05, 0) is 70.8 Å². The summed E-state index contributed by atoms with van der Waals surface area (Å²) in [7, 11) is 0. The van der Waals surface area contributed by atoms with E-state index in [1.807, 2.05) is 24.3 Å². The quantitative estimate of drug-likeness (QED) is 0.0616. The SMILES string of the molecule is C=CC(C)(C)c1ccc(N(c2ccc(C(C)(C)C=C)cc2)c2c3ccccc3c(N(c3ccc(C(C)(C)C=C)cc3)c3ccc(C(C)(C)C=C)cc3)c3ccccc23)cc1. The number of hydrogen-bond acceptors (Lipinski definition) is 2. The Morgan fingerprint density at radius 1 is 0.300 bits per heavy atom. The van der Waals surface area contributed by atoms with E-state index in [2.05, 4.69) is 237 Å². The smallest absolute Gasteiger partial charge is 0.0619 e. The summed E-state index contributed by atoms with van der Waals surface area (Å²) < 4.78 is 0. The molecule has 0 amide bonds. The van der Waals surface area contributed by atoms with Crippen molar-refractivity contribution in [2.75, 3.05) is 9.80 Å². The summed E-state index contributed by atoms with van der Waals surface area (Å²) in [5.41, 5.74) is 10.8. The molecule has 0 radical (unpaired) electrons. The van der Waals surface area contributed by atoms with Gasteiger partial charge >= 0.3 is 0 Å². The predicted molar refractivity (Wildman–Crippen MR) is 264 cm³/mol. The molecular formula is C58H60N2. The van der Waals surface area contributed by atoms with Crippen LogP contribution in [0.3, 0.4) is 0 Å². The molecule has 0 spiro atoms. The van der Waals surface area contributed by atoms with Gasteiger partial charge in [0.25, 0.3) is 0 Å². The molecule has 0 aliphatic rings. The van der Waals surface area contributed by atoms with Crippen LogP contribution in [0, 0.1) is 0 Å². The average Bonchev–Trinajstić information content (AvgIpc) is 3.27. The first-order valence-electron chi connectivity index (χ1n) is 21.1. The topological polar surface area (TPSA) is 6.48 Å². The average molecular weight is 785 g/mol. The highest BCUT2D eigenvalue weighted by Gasteiger charge is 2.28. The van der Waals surface area contributed by atoms with Crippen molar-refractivity contribution in [1.82, 2.24) is 0 Å². The van der Waals surface area contributed by atoms with E-state index in [1.165, 1.54) is 22.3 Å². The molecule has 7 aromatic carbocycles. The molecule has 0 saturated carbocycles. The monoisotopic (exact) mass is 784 g/mol. The highest BCUT2D eigenvalue weighted by molar-refractivity contribution is 6.23. The van der Waals surface area contributed by atoms with Crippen molar-refractivity contribution >= 4 is 55.7 Å². The normalized spacial score (nSPS) is 12.3. The van der Waals surface area contributed by atoms with Gasteiger partial charge in [0.1, 0.15) is 0 Å². The van der Waals surface area contributed by atoms with Crippen LogP contribution in [0.4, 0.5) is 34.1 Å². The van der Waals surface area contributed by atoms with Crippen LogP contribution in [0.15, 0.2) is 196 Å². The Hall–Kier alpha value is -6.38. The summed E-state index contributed by atoms with van der Waals surface area (Å²) >= 11 is 0. The third-order valence-electron chi connectivity index (χ3n) is 12.8. The number of nitrogens with zero attached hydrogens (tertiary/aromatic N) is 2. The van der Waals surface area contributed by atoms with Gasteiger partial charge in [-0.2, -0.15) is 0 Å². The fourth-order valence-corrected chi connectivity index (χ4v) is 8.01. The van der Waals surface area contributed by atoms with Gasteiger partial charge in [0.05, 0.1) is 11.4 Å². The van der Waals surface area contributed by atoms with Crippen molar-refractivity contribution < 1.29 is 0 Å². The van der Waals surface area contributed by atoms with Gasteiger partial charge < -0.3 is 9.80 Å². The molecule has 0 unspecified atom stereocenters. The first-order valence-corrected chi connectivity index (χ1v) is 21.1. The van der Waals surface area contributed by atoms with Gasteiger partial charge in [-0.1, -0.05) is 177 Å². The maximum atomic E-state index is 4.14. The van der Waals surface area contributed by atoms with Crippen LogP contribution < -0.4 is 9.80 Å². The second-order valence-corrected chi connectivity index (χ2v) is 18.3. The van der Waals surface area contributed by atoms with Gasteiger partial charge in [0.15, 0.2) is 0 Å². The minimum Gasteiger partial charge on any atom is -0.309 e. The summed E-state index contributed by atoms with van der Waals surface area (Å²) in [5.74, 6) is 0. The van der Waals surface area contributed by atoms with E-state index in [0.717, 1.165) is 55.7 Å². The van der Waals surface area contributed by atoms with E-state index < -0.39 is 0 Å². The largest absolute Gasteiger partial charge is 0.309 e. The third kappa shape index (κ3) is 7.64. The number of fused-ring (bicyclic) bond motifs is 2.